The lowest BCUT2D eigenvalue weighted by Gasteiger charge is -2.08. The minimum absolute atomic E-state index is 0.0252. The predicted octanol–water partition coefficient (Wildman–Crippen LogP) is 6.07. The Kier molecular flexibility index (Phi) is 7.28. The number of ether oxygens (including phenoxy) is 1. The lowest BCUT2D eigenvalue weighted by atomic mass is 10.1. The third-order valence-electron chi connectivity index (χ3n) is 3.97. The molecule has 0 aromatic heterocycles. The van der Waals surface area contributed by atoms with Crippen LogP contribution in [0, 0.1) is 14.9 Å². The van der Waals surface area contributed by atoms with Crippen LogP contribution in [0.2, 0.25) is 5.02 Å². The number of carbonyl (C=O) groups is 1. The van der Waals surface area contributed by atoms with Crippen molar-refractivity contribution in [1.82, 2.24) is 0 Å². The van der Waals surface area contributed by atoms with Gasteiger partial charge in [0.15, 0.2) is 0 Å². The molecule has 144 valence electrons. The van der Waals surface area contributed by atoms with E-state index in [0.717, 1.165) is 14.7 Å². The average molecular weight is 515 g/mol. The van der Waals surface area contributed by atoms with Crippen LogP contribution in [-0.4, -0.2) is 5.91 Å². The molecule has 0 fully saturated rings. The fraction of sp³-hybridized carbons (Fsp3) is 0.0435. The molecule has 0 unspecified atom stereocenters. The first-order valence-corrected chi connectivity index (χ1v) is 10.2. The van der Waals surface area contributed by atoms with Crippen LogP contribution in [0.15, 0.2) is 78.4 Å². The number of hydrogen-bond donors (Lipinski definition) is 1. The van der Waals surface area contributed by atoms with Crippen molar-refractivity contribution in [3.8, 4) is 11.8 Å². The molecule has 3 aromatic carbocycles. The van der Waals surface area contributed by atoms with E-state index in [1.165, 1.54) is 0 Å². The Morgan fingerprint density at radius 3 is 2.55 bits per heavy atom. The van der Waals surface area contributed by atoms with Gasteiger partial charge in [-0.05, 0) is 76.2 Å². The van der Waals surface area contributed by atoms with Crippen molar-refractivity contribution in [2.75, 3.05) is 5.32 Å². The number of nitriles is 1. The maximum atomic E-state index is 12.4. The molecule has 1 N–H and O–H groups in total. The summed E-state index contributed by atoms with van der Waals surface area (Å²) < 4.78 is 6.65. The zero-order chi connectivity index (χ0) is 20.6. The molecular formula is C23H16ClIN2O2. The van der Waals surface area contributed by atoms with Gasteiger partial charge in [0.05, 0.1) is 5.69 Å². The first-order chi connectivity index (χ1) is 14.0. The quantitative estimate of drug-likeness (QED) is 0.247. The minimum atomic E-state index is -0.446. The Hall–Kier alpha value is -2.82. The molecular weight excluding hydrogens is 499 g/mol. The van der Waals surface area contributed by atoms with Crippen molar-refractivity contribution >= 4 is 51.9 Å². The van der Waals surface area contributed by atoms with E-state index in [0.29, 0.717) is 23.1 Å². The second kappa shape index (κ2) is 10.1. The lowest BCUT2D eigenvalue weighted by Crippen LogP contribution is -2.14. The highest BCUT2D eigenvalue weighted by Gasteiger charge is 2.11. The summed E-state index contributed by atoms with van der Waals surface area (Å²) in [6.07, 6.45) is 1.55. The van der Waals surface area contributed by atoms with Crippen LogP contribution in [0.25, 0.3) is 6.08 Å². The molecule has 3 aromatic rings. The average Bonchev–Trinajstić information content (AvgIpc) is 2.73. The number of halogens is 2. The molecule has 0 aliphatic heterocycles. The molecule has 0 aliphatic carbocycles. The van der Waals surface area contributed by atoms with E-state index < -0.39 is 5.91 Å². The summed E-state index contributed by atoms with van der Waals surface area (Å²) in [6, 6.07) is 24.0. The fourth-order valence-electron chi connectivity index (χ4n) is 2.52. The Morgan fingerprint density at radius 2 is 1.86 bits per heavy atom. The lowest BCUT2D eigenvalue weighted by molar-refractivity contribution is -0.112. The SMILES string of the molecule is N#CC(=Cc1ccc(OCc2cccc(Cl)c2)cc1)C(=O)Nc1ccccc1I. The van der Waals surface area contributed by atoms with Gasteiger partial charge < -0.3 is 10.1 Å². The van der Waals surface area contributed by atoms with Crippen LogP contribution in [-0.2, 0) is 11.4 Å². The molecule has 0 saturated carbocycles. The Balaban J connectivity index is 1.66. The van der Waals surface area contributed by atoms with E-state index in [1.54, 1.807) is 36.4 Å². The molecule has 6 heteroatoms. The number of para-hydroxylation sites is 1. The van der Waals surface area contributed by atoms with Gasteiger partial charge >= 0.3 is 0 Å². The number of benzene rings is 3. The molecule has 29 heavy (non-hydrogen) atoms. The largest absolute Gasteiger partial charge is 0.489 e. The molecule has 4 nitrogen and oxygen atoms in total. The third kappa shape index (κ3) is 6.08. The summed E-state index contributed by atoms with van der Waals surface area (Å²) in [5.41, 5.74) is 2.40. The van der Waals surface area contributed by atoms with E-state index in [2.05, 4.69) is 27.9 Å². The van der Waals surface area contributed by atoms with Crippen molar-refractivity contribution < 1.29 is 9.53 Å². The van der Waals surface area contributed by atoms with Crippen molar-refractivity contribution in [3.63, 3.8) is 0 Å². The molecule has 0 aliphatic rings. The molecule has 0 bridgehead atoms. The van der Waals surface area contributed by atoms with Crippen LogP contribution in [0.3, 0.4) is 0 Å². The first kappa shape index (κ1) is 20.9. The van der Waals surface area contributed by atoms with Crippen molar-refractivity contribution in [2.45, 2.75) is 6.61 Å². The van der Waals surface area contributed by atoms with E-state index in [4.69, 9.17) is 16.3 Å². The van der Waals surface area contributed by atoms with Gasteiger partial charge in [-0.2, -0.15) is 5.26 Å². The molecule has 0 heterocycles. The second-order valence-electron chi connectivity index (χ2n) is 6.09. The second-order valence-corrected chi connectivity index (χ2v) is 7.69. The van der Waals surface area contributed by atoms with E-state index in [9.17, 15) is 10.1 Å². The van der Waals surface area contributed by atoms with Crippen LogP contribution in [0.5, 0.6) is 5.75 Å². The minimum Gasteiger partial charge on any atom is -0.489 e. The first-order valence-electron chi connectivity index (χ1n) is 8.70. The van der Waals surface area contributed by atoms with Gasteiger partial charge in [0.2, 0.25) is 0 Å². The molecule has 0 spiro atoms. The highest BCUT2D eigenvalue weighted by Crippen LogP contribution is 2.20. The van der Waals surface area contributed by atoms with Gasteiger partial charge in [-0.15, -0.1) is 0 Å². The molecule has 0 atom stereocenters. The maximum Gasteiger partial charge on any atom is 0.266 e. The van der Waals surface area contributed by atoms with Gasteiger partial charge in [0.1, 0.15) is 24.0 Å². The van der Waals surface area contributed by atoms with Gasteiger partial charge in [-0.3, -0.25) is 4.79 Å². The van der Waals surface area contributed by atoms with Crippen molar-refractivity contribution in [2.24, 2.45) is 0 Å². The molecule has 0 saturated heterocycles. The standard InChI is InChI=1S/C23H16ClIN2O2/c24-19-5-3-4-17(13-19)15-29-20-10-8-16(9-11-20)12-18(14-26)23(28)27-22-7-2-1-6-21(22)25/h1-13H,15H2,(H,27,28). The molecule has 0 radical (unpaired) electrons. The summed E-state index contributed by atoms with van der Waals surface area (Å²) in [7, 11) is 0. The number of anilines is 1. The van der Waals surface area contributed by atoms with Crippen molar-refractivity contribution in [3.05, 3.63) is 98.1 Å². The topological polar surface area (TPSA) is 62.1 Å². The Labute approximate surface area is 187 Å². The third-order valence-corrected chi connectivity index (χ3v) is 5.15. The monoisotopic (exact) mass is 514 g/mol. The summed E-state index contributed by atoms with van der Waals surface area (Å²) in [4.78, 5) is 12.4. The highest BCUT2D eigenvalue weighted by molar-refractivity contribution is 14.1. The van der Waals surface area contributed by atoms with Crippen LogP contribution in [0.1, 0.15) is 11.1 Å². The number of hydrogen-bond acceptors (Lipinski definition) is 3. The zero-order valence-corrected chi connectivity index (χ0v) is 18.1. The highest BCUT2D eigenvalue weighted by atomic mass is 127. The molecule has 1 amide bonds. The van der Waals surface area contributed by atoms with Gasteiger partial charge in [-0.1, -0.05) is 48.0 Å². The number of carbonyl (C=O) groups excluding carboxylic acids is 1. The Bertz CT molecular complexity index is 1090. The maximum absolute atomic E-state index is 12.4. The number of nitrogens with one attached hydrogen (secondary N) is 1. The zero-order valence-electron chi connectivity index (χ0n) is 15.2. The summed E-state index contributed by atoms with van der Waals surface area (Å²) in [5.74, 6) is 0.238. The van der Waals surface area contributed by atoms with E-state index in [-0.39, 0.29) is 5.57 Å². The number of nitrogens with zero attached hydrogens (tertiary/aromatic N) is 1. The van der Waals surface area contributed by atoms with Gasteiger partial charge in [-0.25, -0.2) is 0 Å². The molecule has 3 rings (SSSR count). The smallest absolute Gasteiger partial charge is 0.266 e. The fourth-order valence-corrected chi connectivity index (χ4v) is 3.26. The van der Waals surface area contributed by atoms with Crippen molar-refractivity contribution in [1.29, 1.82) is 5.26 Å². The number of amides is 1. The normalized spacial score (nSPS) is 10.9. The summed E-state index contributed by atoms with van der Waals surface area (Å²) in [6.45, 7) is 0.400. The number of rotatable bonds is 6. The predicted molar refractivity (Wildman–Crippen MR) is 124 cm³/mol. The van der Waals surface area contributed by atoms with E-state index in [1.807, 2.05) is 48.5 Å². The summed E-state index contributed by atoms with van der Waals surface area (Å²) >= 11 is 8.11. The van der Waals surface area contributed by atoms with Crippen LogP contribution >= 0.6 is 34.2 Å². The summed E-state index contributed by atoms with van der Waals surface area (Å²) in [5, 5.41) is 12.8. The van der Waals surface area contributed by atoms with E-state index >= 15 is 0 Å². The van der Waals surface area contributed by atoms with Crippen LogP contribution in [0.4, 0.5) is 5.69 Å². The van der Waals surface area contributed by atoms with Gasteiger partial charge in [0, 0.05) is 8.59 Å². The Morgan fingerprint density at radius 1 is 1.10 bits per heavy atom. The van der Waals surface area contributed by atoms with Gasteiger partial charge in [0.25, 0.3) is 5.91 Å². The van der Waals surface area contributed by atoms with Crippen LogP contribution < -0.4 is 10.1 Å².